The minimum atomic E-state index is 0.235. The fourth-order valence-corrected chi connectivity index (χ4v) is 1.59. The summed E-state index contributed by atoms with van der Waals surface area (Å²) in [6, 6.07) is 0. The lowest BCUT2D eigenvalue weighted by molar-refractivity contribution is 0.843. The van der Waals surface area contributed by atoms with Crippen LogP contribution in [-0.4, -0.2) is 25.6 Å². The van der Waals surface area contributed by atoms with Gasteiger partial charge in [0.15, 0.2) is 0 Å². The zero-order chi connectivity index (χ0) is 10.6. The highest BCUT2D eigenvalue weighted by molar-refractivity contribution is 7.99. The topological polar surface area (TPSA) is 94.8 Å². The van der Waals surface area contributed by atoms with Crippen LogP contribution in [0.1, 0.15) is 13.3 Å². The predicted octanol–water partition coefficient (Wildman–Crippen LogP) is -0.0413. The second-order valence-electron chi connectivity index (χ2n) is 2.46. The Balaban J connectivity index is 2.77. The van der Waals surface area contributed by atoms with Crippen molar-refractivity contribution in [2.24, 2.45) is 5.84 Å². The van der Waals surface area contributed by atoms with Crippen molar-refractivity contribution in [3.05, 3.63) is 0 Å². The van der Waals surface area contributed by atoms with Crippen LogP contribution < -0.4 is 17.0 Å². The number of nitrogen functional groups attached to an aromatic ring is 1. The van der Waals surface area contributed by atoms with Gasteiger partial charge in [0.1, 0.15) is 0 Å². The minimum Gasteiger partial charge on any atom is -0.368 e. The summed E-state index contributed by atoms with van der Waals surface area (Å²) in [4.78, 5) is 4.03. The highest BCUT2D eigenvalue weighted by Crippen LogP contribution is 2.15. The molecule has 8 heteroatoms. The van der Waals surface area contributed by atoms with Gasteiger partial charge in [-0.25, -0.2) is 5.84 Å². The molecular weight excluding hydrogens is 220 g/mol. The summed E-state index contributed by atoms with van der Waals surface area (Å²) < 4.78 is 1.30. The molecule has 0 amide bonds. The minimum absolute atomic E-state index is 0.235. The largest absolute Gasteiger partial charge is 0.368 e. The van der Waals surface area contributed by atoms with E-state index in [1.807, 2.05) is 0 Å². The first kappa shape index (κ1) is 11.2. The number of rotatable bonds is 3. The zero-order valence-corrected chi connectivity index (χ0v) is 9.36. The second kappa shape index (κ2) is 5.13. The molecule has 0 spiro atoms. The van der Waals surface area contributed by atoms with Gasteiger partial charge in [0, 0.05) is 5.75 Å². The number of nitrogens with one attached hydrogen (secondary N) is 1. The molecule has 0 saturated carbocycles. The van der Waals surface area contributed by atoms with E-state index in [9.17, 15) is 0 Å². The molecule has 0 saturated heterocycles. The summed E-state index contributed by atoms with van der Waals surface area (Å²) in [7, 11) is 0. The molecule has 5 N–H and O–H groups in total. The Morgan fingerprint density at radius 1 is 1.71 bits per heavy atom. The molecule has 0 atom stereocenters. The van der Waals surface area contributed by atoms with E-state index in [0.29, 0.717) is 5.16 Å². The molecule has 0 unspecified atom stereocenters. The molecule has 14 heavy (non-hydrogen) atoms. The van der Waals surface area contributed by atoms with E-state index in [2.05, 4.69) is 22.4 Å². The lowest BCUT2D eigenvalue weighted by atomic mass is 10.6. The molecule has 0 aliphatic carbocycles. The fraction of sp³-hybridized carbons (Fsp3) is 0.500. The smallest absolute Gasteiger partial charge is 0.226 e. The standard InChI is InChI=1S/C6H12N6S2/c1-2-3-14-5-9-4(7)12(11-5)6(13)10-8/h2-3,8H2,1H3,(H,10,13)(H2,7,9,11). The van der Waals surface area contributed by atoms with E-state index < -0.39 is 0 Å². The first-order valence-corrected chi connectivity index (χ1v) is 5.44. The molecule has 0 aliphatic rings. The third-order valence-electron chi connectivity index (χ3n) is 1.36. The highest BCUT2D eigenvalue weighted by atomic mass is 32.2. The Bertz CT molecular complexity index is 322. The number of hydrazine groups is 1. The van der Waals surface area contributed by atoms with Crippen molar-refractivity contribution in [2.45, 2.75) is 18.5 Å². The highest BCUT2D eigenvalue weighted by Gasteiger charge is 2.09. The molecule has 0 radical (unpaired) electrons. The van der Waals surface area contributed by atoms with Crippen LogP contribution >= 0.6 is 24.0 Å². The average molecular weight is 232 g/mol. The Morgan fingerprint density at radius 2 is 2.43 bits per heavy atom. The van der Waals surface area contributed by atoms with Crippen LogP contribution in [0.4, 0.5) is 5.95 Å². The van der Waals surface area contributed by atoms with Gasteiger partial charge < -0.3 is 5.73 Å². The predicted molar refractivity (Wildman–Crippen MR) is 60.8 cm³/mol. The quantitative estimate of drug-likeness (QED) is 0.291. The van der Waals surface area contributed by atoms with Crippen LogP contribution in [0.3, 0.4) is 0 Å². The van der Waals surface area contributed by atoms with E-state index in [4.69, 9.17) is 23.8 Å². The molecule has 1 heterocycles. The Hall–Kier alpha value is -0.860. The van der Waals surface area contributed by atoms with Crippen LogP contribution in [-0.2, 0) is 0 Å². The van der Waals surface area contributed by atoms with E-state index >= 15 is 0 Å². The van der Waals surface area contributed by atoms with Gasteiger partial charge in [0.25, 0.3) is 0 Å². The van der Waals surface area contributed by atoms with E-state index in [-0.39, 0.29) is 11.1 Å². The van der Waals surface area contributed by atoms with Crippen molar-refractivity contribution in [3.63, 3.8) is 0 Å². The number of nitrogens with two attached hydrogens (primary N) is 2. The van der Waals surface area contributed by atoms with Crippen LogP contribution in [0.15, 0.2) is 5.16 Å². The van der Waals surface area contributed by atoms with Crippen molar-refractivity contribution < 1.29 is 0 Å². The summed E-state index contributed by atoms with van der Waals surface area (Å²) in [6.45, 7) is 2.08. The van der Waals surface area contributed by atoms with Crippen molar-refractivity contribution in [3.8, 4) is 0 Å². The molecule has 6 nitrogen and oxygen atoms in total. The zero-order valence-electron chi connectivity index (χ0n) is 7.73. The van der Waals surface area contributed by atoms with E-state index in [1.54, 1.807) is 0 Å². The van der Waals surface area contributed by atoms with Gasteiger partial charge in [-0.05, 0) is 18.6 Å². The number of nitrogens with zero attached hydrogens (tertiary/aromatic N) is 3. The van der Waals surface area contributed by atoms with Crippen LogP contribution in [0.2, 0.25) is 0 Å². The monoisotopic (exact) mass is 232 g/mol. The molecule has 0 fully saturated rings. The van der Waals surface area contributed by atoms with Crippen molar-refractivity contribution in [1.82, 2.24) is 20.2 Å². The maximum Gasteiger partial charge on any atom is 0.226 e. The summed E-state index contributed by atoms with van der Waals surface area (Å²) in [6.07, 6.45) is 1.05. The number of anilines is 1. The van der Waals surface area contributed by atoms with Gasteiger partial charge >= 0.3 is 0 Å². The Morgan fingerprint density at radius 3 is 3.00 bits per heavy atom. The third kappa shape index (κ3) is 2.56. The van der Waals surface area contributed by atoms with Gasteiger partial charge in [-0.2, -0.15) is 9.67 Å². The van der Waals surface area contributed by atoms with Gasteiger partial charge in [0.2, 0.25) is 16.2 Å². The first-order chi connectivity index (χ1) is 6.69. The number of aromatic nitrogens is 3. The fourth-order valence-electron chi connectivity index (χ4n) is 0.770. The molecule has 1 aromatic rings. The van der Waals surface area contributed by atoms with Gasteiger partial charge in [-0.3, -0.25) is 5.43 Å². The van der Waals surface area contributed by atoms with E-state index in [0.717, 1.165) is 12.2 Å². The summed E-state index contributed by atoms with van der Waals surface area (Å²) in [5.74, 6) is 6.33. The average Bonchev–Trinajstić information content (AvgIpc) is 2.55. The SMILES string of the molecule is CCCSc1nc(N)n(C(=S)NN)n1. The number of thiocarbonyl (C=S) groups is 1. The van der Waals surface area contributed by atoms with Gasteiger partial charge in [-0.1, -0.05) is 18.7 Å². The van der Waals surface area contributed by atoms with Crippen LogP contribution in [0.25, 0.3) is 0 Å². The summed E-state index contributed by atoms with van der Waals surface area (Å²) in [5.41, 5.74) is 7.88. The summed E-state index contributed by atoms with van der Waals surface area (Å²) in [5, 5.41) is 4.93. The molecule has 0 aromatic carbocycles. The molecule has 0 bridgehead atoms. The number of thioether (sulfide) groups is 1. The second-order valence-corrected chi connectivity index (χ2v) is 3.91. The molecule has 1 aromatic heterocycles. The van der Waals surface area contributed by atoms with E-state index in [1.165, 1.54) is 16.4 Å². The third-order valence-corrected chi connectivity index (χ3v) is 2.70. The first-order valence-electron chi connectivity index (χ1n) is 4.05. The lowest BCUT2D eigenvalue weighted by Gasteiger charge is -2.00. The van der Waals surface area contributed by atoms with Crippen molar-refractivity contribution in [2.75, 3.05) is 11.5 Å². The van der Waals surface area contributed by atoms with Gasteiger partial charge in [0.05, 0.1) is 0 Å². The van der Waals surface area contributed by atoms with Gasteiger partial charge in [-0.15, -0.1) is 5.10 Å². The normalized spacial score (nSPS) is 10.1. The lowest BCUT2D eigenvalue weighted by Crippen LogP contribution is -2.35. The Labute approximate surface area is 91.4 Å². The molecule has 78 valence electrons. The maximum absolute atomic E-state index is 5.58. The molecule has 0 aliphatic heterocycles. The van der Waals surface area contributed by atoms with Crippen LogP contribution in [0, 0.1) is 0 Å². The number of hydrogen-bond donors (Lipinski definition) is 3. The van der Waals surface area contributed by atoms with Crippen LogP contribution in [0.5, 0.6) is 0 Å². The maximum atomic E-state index is 5.58. The molecule has 1 rings (SSSR count). The van der Waals surface area contributed by atoms with Crippen molar-refractivity contribution >= 4 is 35.0 Å². The number of hydrogen-bond acceptors (Lipinski definition) is 6. The molecular formula is C6H12N6S2. The summed E-state index contributed by atoms with van der Waals surface area (Å²) >= 11 is 6.40. The van der Waals surface area contributed by atoms with Crippen molar-refractivity contribution in [1.29, 1.82) is 0 Å². The Kier molecular flexibility index (Phi) is 4.11.